The van der Waals surface area contributed by atoms with Crippen LogP contribution in [0.3, 0.4) is 0 Å². The average Bonchev–Trinajstić information content (AvgIpc) is 2.92. The molecule has 0 amide bonds. The summed E-state index contributed by atoms with van der Waals surface area (Å²) >= 11 is 1.69. The number of rotatable bonds is 6. The molecule has 78 valence electrons. The van der Waals surface area contributed by atoms with Crippen LogP contribution >= 0.6 is 11.3 Å². The normalized spacial score (nSPS) is 19.6. The molecule has 2 nitrogen and oxygen atoms in total. The maximum atomic E-state index is 5.58. The van der Waals surface area contributed by atoms with E-state index in [1.807, 2.05) is 0 Å². The van der Waals surface area contributed by atoms with Crippen LogP contribution in [0.2, 0.25) is 0 Å². The highest BCUT2D eigenvalue weighted by Crippen LogP contribution is 2.25. The quantitative estimate of drug-likeness (QED) is 0.676. The van der Waals surface area contributed by atoms with Crippen molar-refractivity contribution < 1.29 is 9.47 Å². The van der Waals surface area contributed by atoms with Gasteiger partial charge in [0.25, 0.3) is 0 Å². The molecule has 0 bridgehead atoms. The molecule has 0 saturated carbocycles. The van der Waals surface area contributed by atoms with Crippen LogP contribution in [0.25, 0.3) is 0 Å². The number of hydrogen-bond acceptors (Lipinski definition) is 3. The van der Waals surface area contributed by atoms with Crippen molar-refractivity contribution in [1.29, 1.82) is 0 Å². The second kappa shape index (κ2) is 4.80. The molecule has 0 N–H and O–H groups in total. The van der Waals surface area contributed by atoms with Crippen LogP contribution in [-0.2, 0) is 11.2 Å². The second-order valence-corrected chi connectivity index (χ2v) is 4.52. The van der Waals surface area contributed by atoms with Crippen molar-refractivity contribution in [3.05, 3.63) is 17.0 Å². The maximum absolute atomic E-state index is 5.58. The van der Waals surface area contributed by atoms with E-state index in [0.717, 1.165) is 11.7 Å². The number of epoxide rings is 1. The molecule has 0 aliphatic carbocycles. The second-order valence-electron chi connectivity index (χ2n) is 3.64. The molecule has 2 rings (SSSR count). The number of unbranched alkanes of at least 4 members (excludes halogenated alkanes) is 1. The number of thiophene rings is 1. The summed E-state index contributed by atoms with van der Waals surface area (Å²) in [7, 11) is 0. The SMILES string of the molecule is CCCCc1csc(OCC2CO2)c1. The highest BCUT2D eigenvalue weighted by molar-refractivity contribution is 7.12. The Bertz CT molecular complexity index is 279. The molecular weight excluding hydrogens is 196 g/mol. The van der Waals surface area contributed by atoms with Gasteiger partial charge in [0.05, 0.1) is 6.61 Å². The first-order valence-corrected chi connectivity index (χ1v) is 6.08. The predicted molar refractivity (Wildman–Crippen MR) is 58.2 cm³/mol. The fourth-order valence-corrected chi connectivity index (χ4v) is 2.09. The van der Waals surface area contributed by atoms with Gasteiger partial charge in [0.2, 0.25) is 0 Å². The van der Waals surface area contributed by atoms with Gasteiger partial charge in [0, 0.05) is 0 Å². The van der Waals surface area contributed by atoms with Crippen molar-refractivity contribution in [2.24, 2.45) is 0 Å². The zero-order valence-corrected chi connectivity index (χ0v) is 9.31. The summed E-state index contributed by atoms with van der Waals surface area (Å²) < 4.78 is 10.7. The van der Waals surface area contributed by atoms with Gasteiger partial charge in [0.15, 0.2) is 5.06 Å². The van der Waals surface area contributed by atoms with E-state index in [9.17, 15) is 0 Å². The zero-order valence-electron chi connectivity index (χ0n) is 8.49. The third kappa shape index (κ3) is 3.00. The summed E-state index contributed by atoms with van der Waals surface area (Å²) in [5.41, 5.74) is 1.41. The minimum atomic E-state index is 0.358. The van der Waals surface area contributed by atoms with Gasteiger partial charge in [-0.05, 0) is 29.9 Å². The molecule has 1 aromatic rings. The molecule has 1 aromatic heterocycles. The third-order valence-electron chi connectivity index (χ3n) is 2.26. The van der Waals surface area contributed by atoms with Gasteiger partial charge in [-0.15, -0.1) is 11.3 Å². The van der Waals surface area contributed by atoms with E-state index in [1.165, 1.54) is 24.8 Å². The standard InChI is InChI=1S/C11H16O2S/c1-2-3-4-9-5-11(14-8-9)13-7-10-6-12-10/h5,8,10H,2-4,6-7H2,1H3. The van der Waals surface area contributed by atoms with Crippen molar-refractivity contribution in [2.75, 3.05) is 13.2 Å². The van der Waals surface area contributed by atoms with Gasteiger partial charge >= 0.3 is 0 Å². The molecule has 1 aliphatic rings. The molecule has 1 saturated heterocycles. The van der Waals surface area contributed by atoms with Gasteiger partial charge in [-0.3, -0.25) is 0 Å². The Kier molecular flexibility index (Phi) is 3.43. The third-order valence-corrected chi connectivity index (χ3v) is 3.15. The summed E-state index contributed by atoms with van der Waals surface area (Å²) in [4.78, 5) is 0. The predicted octanol–water partition coefficient (Wildman–Crippen LogP) is 2.87. The van der Waals surface area contributed by atoms with Crippen LogP contribution in [0.4, 0.5) is 0 Å². The van der Waals surface area contributed by atoms with Gasteiger partial charge in [0.1, 0.15) is 12.7 Å². The summed E-state index contributed by atoms with van der Waals surface area (Å²) in [6, 6.07) is 2.16. The molecular formula is C11H16O2S. The van der Waals surface area contributed by atoms with E-state index >= 15 is 0 Å². The largest absolute Gasteiger partial charge is 0.481 e. The van der Waals surface area contributed by atoms with Crippen LogP contribution in [0, 0.1) is 0 Å². The Hall–Kier alpha value is -0.540. The van der Waals surface area contributed by atoms with Crippen LogP contribution in [0.5, 0.6) is 5.06 Å². The lowest BCUT2D eigenvalue weighted by Gasteiger charge is -1.98. The minimum Gasteiger partial charge on any atom is -0.481 e. The first kappa shape index (κ1) is 9.99. The van der Waals surface area contributed by atoms with Gasteiger partial charge < -0.3 is 9.47 Å². The molecule has 1 aliphatic heterocycles. The fraction of sp³-hybridized carbons (Fsp3) is 0.636. The van der Waals surface area contributed by atoms with Crippen molar-refractivity contribution in [2.45, 2.75) is 32.3 Å². The lowest BCUT2D eigenvalue weighted by Crippen LogP contribution is -2.02. The summed E-state index contributed by atoms with van der Waals surface area (Å²) in [6.45, 7) is 3.80. The molecule has 14 heavy (non-hydrogen) atoms. The summed E-state index contributed by atoms with van der Waals surface area (Å²) in [5, 5.41) is 3.23. The number of ether oxygens (including phenoxy) is 2. The van der Waals surface area contributed by atoms with E-state index in [-0.39, 0.29) is 0 Å². The Morgan fingerprint density at radius 1 is 1.64 bits per heavy atom. The van der Waals surface area contributed by atoms with E-state index in [0.29, 0.717) is 12.7 Å². The molecule has 1 unspecified atom stereocenters. The molecule has 0 spiro atoms. The van der Waals surface area contributed by atoms with Crippen LogP contribution in [-0.4, -0.2) is 19.3 Å². The zero-order chi connectivity index (χ0) is 9.80. The summed E-state index contributed by atoms with van der Waals surface area (Å²) in [6.07, 6.45) is 4.05. The highest BCUT2D eigenvalue weighted by atomic mass is 32.1. The Labute approximate surface area is 88.8 Å². The molecule has 2 heterocycles. The molecule has 1 atom stereocenters. The maximum Gasteiger partial charge on any atom is 0.174 e. The first-order valence-electron chi connectivity index (χ1n) is 5.20. The highest BCUT2D eigenvalue weighted by Gasteiger charge is 2.23. The number of aryl methyl sites for hydroxylation is 1. The molecule has 0 radical (unpaired) electrons. The minimum absolute atomic E-state index is 0.358. The van der Waals surface area contributed by atoms with E-state index in [1.54, 1.807) is 11.3 Å². The van der Waals surface area contributed by atoms with Gasteiger partial charge in [-0.2, -0.15) is 0 Å². The molecule has 3 heteroatoms. The van der Waals surface area contributed by atoms with E-state index in [4.69, 9.17) is 9.47 Å². The number of hydrogen-bond donors (Lipinski definition) is 0. The Morgan fingerprint density at radius 2 is 2.50 bits per heavy atom. The molecule has 0 aromatic carbocycles. The monoisotopic (exact) mass is 212 g/mol. The lowest BCUT2D eigenvalue weighted by molar-refractivity contribution is 0.269. The van der Waals surface area contributed by atoms with Crippen LogP contribution in [0.1, 0.15) is 25.3 Å². The smallest absolute Gasteiger partial charge is 0.174 e. The first-order chi connectivity index (χ1) is 6.88. The molecule has 1 fully saturated rings. The van der Waals surface area contributed by atoms with E-state index < -0.39 is 0 Å². The average molecular weight is 212 g/mol. The Morgan fingerprint density at radius 3 is 3.21 bits per heavy atom. The van der Waals surface area contributed by atoms with Gasteiger partial charge in [-0.1, -0.05) is 13.3 Å². The van der Waals surface area contributed by atoms with Crippen molar-refractivity contribution in [1.82, 2.24) is 0 Å². The Balaban J connectivity index is 1.76. The topological polar surface area (TPSA) is 21.8 Å². The van der Waals surface area contributed by atoms with Crippen molar-refractivity contribution in [3.63, 3.8) is 0 Å². The van der Waals surface area contributed by atoms with Crippen molar-refractivity contribution >= 4 is 11.3 Å². The lowest BCUT2D eigenvalue weighted by atomic mass is 10.2. The van der Waals surface area contributed by atoms with E-state index in [2.05, 4.69) is 18.4 Å². The van der Waals surface area contributed by atoms with Crippen molar-refractivity contribution in [3.8, 4) is 5.06 Å². The summed E-state index contributed by atoms with van der Waals surface area (Å²) in [5.74, 6) is 0. The van der Waals surface area contributed by atoms with Crippen LogP contribution < -0.4 is 4.74 Å². The van der Waals surface area contributed by atoms with Crippen LogP contribution in [0.15, 0.2) is 11.4 Å². The fourth-order valence-electron chi connectivity index (χ4n) is 1.28. The van der Waals surface area contributed by atoms with Gasteiger partial charge in [-0.25, -0.2) is 0 Å².